The zero-order chi connectivity index (χ0) is 18.0. The Morgan fingerprint density at radius 2 is 1.93 bits per heavy atom. The minimum absolute atomic E-state index is 0. The van der Waals surface area contributed by atoms with Gasteiger partial charge in [-0.3, -0.25) is 9.59 Å². The van der Waals surface area contributed by atoms with Gasteiger partial charge in [-0.2, -0.15) is 0 Å². The molecule has 3 aliphatic heterocycles. The Bertz CT molecular complexity index is 654. The Balaban J connectivity index is 0.00000210. The quantitative estimate of drug-likeness (QED) is 0.844. The standard InChI is InChI=1S/C20H27N3O3.ClH/c24-18-14-26-13-17(23(18)12-16-4-2-1-3-5-16)19(25)22-10-7-20(8-11-22)6-9-21-15-20;/h1-5,17,21H,6-15H2;1H/t17-;/m1./s1. The molecule has 1 aromatic carbocycles. The molecule has 0 bridgehead atoms. The largest absolute Gasteiger partial charge is 0.369 e. The van der Waals surface area contributed by atoms with Crippen LogP contribution in [0.4, 0.5) is 0 Å². The fourth-order valence-corrected chi connectivity index (χ4v) is 4.42. The molecule has 0 aromatic heterocycles. The van der Waals surface area contributed by atoms with Crippen molar-refractivity contribution in [2.45, 2.75) is 31.8 Å². The van der Waals surface area contributed by atoms with Crippen molar-refractivity contribution >= 4 is 24.2 Å². The summed E-state index contributed by atoms with van der Waals surface area (Å²) in [6.07, 6.45) is 3.30. The predicted molar refractivity (Wildman–Crippen MR) is 105 cm³/mol. The maximum absolute atomic E-state index is 13.1. The van der Waals surface area contributed by atoms with Gasteiger partial charge in [-0.15, -0.1) is 12.4 Å². The van der Waals surface area contributed by atoms with E-state index in [1.54, 1.807) is 4.90 Å². The number of carbonyl (C=O) groups excluding carboxylic acids is 2. The van der Waals surface area contributed by atoms with Crippen molar-refractivity contribution in [2.24, 2.45) is 5.41 Å². The van der Waals surface area contributed by atoms with Crippen LogP contribution in [0.1, 0.15) is 24.8 Å². The van der Waals surface area contributed by atoms with Crippen LogP contribution in [0.2, 0.25) is 0 Å². The Morgan fingerprint density at radius 3 is 2.59 bits per heavy atom. The summed E-state index contributed by atoms with van der Waals surface area (Å²) in [5.74, 6) is -0.0679. The number of rotatable bonds is 3. The Labute approximate surface area is 166 Å². The van der Waals surface area contributed by atoms with Gasteiger partial charge >= 0.3 is 0 Å². The van der Waals surface area contributed by atoms with Gasteiger partial charge in [0.15, 0.2) is 0 Å². The van der Waals surface area contributed by atoms with Gasteiger partial charge in [0.25, 0.3) is 0 Å². The topological polar surface area (TPSA) is 61.9 Å². The number of hydrogen-bond donors (Lipinski definition) is 1. The summed E-state index contributed by atoms with van der Waals surface area (Å²) < 4.78 is 5.42. The number of nitrogens with zero attached hydrogens (tertiary/aromatic N) is 2. The highest BCUT2D eigenvalue weighted by atomic mass is 35.5. The molecule has 0 unspecified atom stereocenters. The van der Waals surface area contributed by atoms with E-state index in [1.165, 1.54) is 6.42 Å². The summed E-state index contributed by atoms with van der Waals surface area (Å²) in [5.41, 5.74) is 1.41. The molecule has 0 radical (unpaired) electrons. The summed E-state index contributed by atoms with van der Waals surface area (Å²) in [7, 11) is 0. The second-order valence-corrected chi connectivity index (χ2v) is 7.79. The maximum atomic E-state index is 13.1. The Kier molecular flexibility index (Phi) is 6.40. The molecule has 4 rings (SSSR count). The van der Waals surface area contributed by atoms with E-state index in [0.717, 1.165) is 44.6 Å². The minimum Gasteiger partial charge on any atom is -0.369 e. The first-order valence-corrected chi connectivity index (χ1v) is 9.58. The van der Waals surface area contributed by atoms with Gasteiger partial charge in [-0.25, -0.2) is 0 Å². The second-order valence-electron chi connectivity index (χ2n) is 7.79. The fraction of sp³-hybridized carbons (Fsp3) is 0.600. The molecule has 27 heavy (non-hydrogen) atoms. The molecular weight excluding hydrogens is 366 g/mol. The van der Waals surface area contributed by atoms with Gasteiger partial charge in [0, 0.05) is 26.2 Å². The van der Waals surface area contributed by atoms with E-state index in [4.69, 9.17) is 4.74 Å². The van der Waals surface area contributed by atoms with Gasteiger partial charge in [-0.05, 0) is 36.8 Å². The van der Waals surface area contributed by atoms with Gasteiger partial charge in [0.2, 0.25) is 11.8 Å². The number of morpholine rings is 1. The molecule has 0 aliphatic carbocycles. The van der Waals surface area contributed by atoms with E-state index in [0.29, 0.717) is 18.6 Å². The predicted octanol–water partition coefficient (Wildman–Crippen LogP) is 1.44. The Morgan fingerprint density at radius 1 is 1.19 bits per heavy atom. The van der Waals surface area contributed by atoms with Crippen LogP contribution in [0.3, 0.4) is 0 Å². The molecule has 6 nitrogen and oxygen atoms in total. The summed E-state index contributed by atoms with van der Waals surface area (Å²) in [6, 6.07) is 9.33. The molecule has 3 aliphatic rings. The van der Waals surface area contributed by atoms with Crippen molar-refractivity contribution in [1.29, 1.82) is 0 Å². The lowest BCUT2D eigenvalue weighted by Crippen LogP contribution is -2.58. The highest BCUT2D eigenvalue weighted by Crippen LogP contribution is 2.37. The van der Waals surface area contributed by atoms with Gasteiger partial charge in [-0.1, -0.05) is 30.3 Å². The molecule has 3 fully saturated rings. The second kappa shape index (κ2) is 8.59. The SMILES string of the molecule is Cl.O=C([C@H]1COCC(=O)N1Cc1ccccc1)N1CCC2(CCNC2)CC1. The number of benzene rings is 1. The fourth-order valence-electron chi connectivity index (χ4n) is 4.42. The van der Waals surface area contributed by atoms with Crippen LogP contribution in [0.5, 0.6) is 0 Å². The van der Waals surface area contributed by atoms with Gasteiger partial charge in [0.05, 0.1) is 6.61 Å². The molecule has 1 atom stereocenters. The zero-order valence-corrected chi connectivity index (χ0v) is 16.4. The lowest BCUT2D eigenvalue weighted by Gasteiger charge is -2.42. The van der Waals surface area contributed by atoms with Crippen LogP contribution in [0.25, 0.3) is 0 Å². The number of amides is 2. The number of hydrogen-bond acceptors (Lipinski definition) is 4. The number of ether oxygens (including phenoxy) is 1. The molecule has 1 N–H and O–H groups in total. The molecule has 148 valence electrons. The number of nitrogens with one attached hydrogen (secondary N) is 1. The number of piperidine rings is 1. The van der Waals surface area contributed by atoms with E-state index in [9.17, 15) is 9.59 Å². The molecular formula is C20H28ClN3O3. The number of likely N-dealkylation sites (tertiary alicyclic amines) is 1. The number of halogens is 1. The van der Waals surface area contributed by atoms with E-state index in [2.05, 4.69) is 5.32 Å². The van der Waals surface area contributed by atoms with Gasteiger partial charge in [0.1, 0.15) is 12.6 Å². The average molecular weight is 394 g/mol. The highest BCUT2D eigenvalue weighted by molar-refractivity contribution is 5.89. The van der Waals surface area contributed by atoms with E-state index < -0.39 is 6.04 Å². The van der Waals surface area contributed by atoms with Crippen molar-refractivity contribution < 1.29 is 14.3 Å². The normalized spacial score (nSPS) is 24.7. The van der Waals surface area contributed by atoms with E-state index in [-0.39, 0.29) is 30.8 Å². The van der Waals surface area contributed by atoms with Gasteiger partial charge < -0.3 is 19.9 Å². The summed E-state index contributed by atoms with van der Waals surface area (Å²) in [4.78, 5) is 29.2. The van der Waals surface area contributed by atoms with Crippen LogP contribution in [-0.2, 0) is 20.9 Å². The lowest BCUT2D eigenvalue weighted by molar-refractivity contribution is -0.161. The van der Waals surface area contributed by atoms with Crippen molar-refractivity contribution in [3.05, 3.63) is 35.9 Å². The summed E-state index contributed by atoms with van der Waals surface area (Å²) in [5, 5.41) is 3.45. The minimum atomic E-state index is -0.507. The monoisotopic (exact) mass is 393 g/mol. The molecule has 7 heteroatoms. The molecule has 2 amide bonds. The van der Waals surface area contributed by atoms with Crippen LogP contribution >= 0.6 is 12.4 Å². The first kappa shape index (κ1) is 20.1. The van der Waals surface area contributed by atoms with Crippen LogP contribution in [0, 0.1) is 5.41 Å². The first-order chi connectivity index (χ1) is 12.7. The highest BCUT2D eigenvalue weighted by Gasteiger charge is 2.41. The van der Waals surface area contributed by atoms with Crippen LogP contribution in [-0.4, -0.2) is 67.0 Å². The molecule has 3 saturated heterocycles. The average Bonchev–Trinajstić information content (AvgIpc) is 3.12. The summed E-state index contributed by atoms with van der Waals surface area (Å²) >= 11 is 0. The third-order valence-corrected chi connectivity index (χ3v) is 6.15. The van der Waals surface area contributed by atoms with Crippen molar-refractivity contribution in [1.82, 2.24) is 15.1 Å². The maximum Gasteiger partial charge on any atom is 0.249 e. The molecule has 1 spiro atoms. The smallest absolute Gasteiger partial charge is 0.249 e. The van der Waals surface area contributed by atoms with Crippen molar-refractivity contribution in [2.75, 3.05) is 39.4 Å². The molecule has 3 heterocycles. The first-order valence-electron chi connectivity index (χ1n) is 9.58. The summed E-state index contributed by atoms with van der Waals surface area (Å²) in [6.45, 7) is 4.53. The third kappa shape index (κ3) is 4.28. The van der Waals surface area contributed by atoms with Crippen LogP contribution < -0.4 is 5.32 Å². The number of carbonyl (C=O) groups is 2. The zero-order valence-electron chi connectivity index (χ0n) is 15.6. The molecule has 1 aromatic rings. The third-order valence-electron chi connectivity index (χ3n) is 6.15. The van der Waals surface area contributed by atoms with E-state index in [1.807, 2.05) is 35.2 Å². The lowest BCUT2D eigenvalue weighted by atomic mass is 9.77. The van der Waals surface area contributed by atoms with E-state index >= 15 is 0 Å². The van der Waals surface area contributed by atoms with Crippen LogP contribution in [0.15, 0.2) is 30.3 Å². The Hall–Kier alpha value is -1.63. The molecule has 0 saturated carbocycles. The van der Waals surface area contributed by atoms with Crippen molar-refractivity contribution in [3.8, 4) is 0 Å². The van der Waals surface area contributed by atoms with Crippen molar-refractivity contribution in [3.63, 3.8) is 0 Å².